The third kappa shape index (κ3) is 9.44. The molecule has 194 valence electrons. The average molecular weight is 510 g/mol. The van der Waals surface area contributed by atoms with Gasteiger partial charge in [0.05, 0.1) is 16.7 Å². The third-order valence-electron chi connectivity index (χ3n) is 4.45. The summed E-state index contributed by atoms with van der Waals surface area (Å²) in [6, 6.07) is 11.2. The predicted molar refractivity (Wildman–Crippen MR) is 130 cm³/mol. The molecule has 2 rings (SSSR count). The van der Waals surface area contributed by atoms with Crippen LogP contribution in [0, 0.1) is 0 Å². The van der Waals surface area contributed by atoms with Crippen LogP contribution in [0.2, 0.25) is 0 Å². The Morgan fingerprint density at radius 2 is 0.865 bits per heavy atom. The van der Waals surface area contributed by atoms with Crippen LogP contribution in [0.1, 0.15) is 44.9 Å². The lowest BCUT2D eigenvalue weighted by atomic mass is 10.1. The minimum absolute atomic E-state index is 0.103. The molecule has 0 bridgehead atoms. The van der Waals surface area contributed by atoms with Gasteiger partial charge < -0.3 is 23.7 Å². The van der Waals surface area contributed by atoms with Crippen molar-refractivity contribution >= 4 is 29.8 Å². The van der Waals surface area contributed by atoms with Crippen LogP contribution in [-0.2, 0) is 28.5 Å². The number of hydrogen-bond acceptors (Lipinski definition) is 10. The molecule has 0 aromatic heterocycles. The van der Waals surface area contributed by atoms with E-state index in [1.165, 1.54) is 62.4 Å². The van der Waals surface area contributed by atoms with Crippen LogP contribution in [-0.4, -0.2) is 56.3 Å². The van der Waals surface area contributed by atoms with Crippen molar-refractivity contribution in [1.82, 2.24) is 0 Å². The number of benzene rings is 2. The predicted octanol–water partition coefficient (Wildman–Crippen LogP) is 3.46. The van der Waals surface area contributed by atoms with Crippen molar-refractivity contribution in [3.05, 3.63) is 89.5 Å². The number of hydrogen-bond donors (Lipinski definition) is 0. The normalized spacial score (nSPS) is 10.0. The summed E-state index contributed by atoms with van der Waals surface area (Å²) >= 11 is 0. The van der Waals surface area contributed by atoms with Crippen LogP contribution in [0.3, 0.4) is 0 Å². The Bertz CT molecular complexity index is 1180. The molecule has 0 aliphatic rings. The van der Waals surface area contributed by atoms with Crippen molar-refractivity contribution in [2.24, 2.45) is 0 Å². The molecule has 10 nitrogen and oxygen atoms in total. The van der Waals surface area contributed by atoms with Gasteiger partial charge in [0.15, 0.2) is 0 Å². The third-order valence-corrected chi connectivity index (χ3v) is 4.45. The largest absolute Gasteiger partial charge is 0.459 e. The molecule has 0 atom stereocenters. The number of ether oxygens (including phenoxy) is 5. The monoisotopic (exact) mass is 510 g/mol. The van der Waals surface area contributed by atoms with E-state index in [0.29, 0.717) is 0 Å². The van der Waals surface area contributed by atoms with Gasteiger partial charge in [-0.15, -0.1) is 0 Å². The number of esters is 5. The number of rotatable bonds is 12. The maximum Gasteiger partial charge on any atom is 0.343 e. The zero-order chi connectivity index (χ0) is 27.4. The summed E-state index contributed by atoms with van der Waals surface area (Å²) in [5.41, 5.74) is 1.07. The highest BCUT2D eigenvalue weighted by Gasteiger charge is 2.14. The van der Waals surface area contributed by atoms with E-state index in [0.717, 1.165) is 0 Å². The molecule has 2 aromatic carbocycles. The van der Waals surface area contributed by atoms with Crippen molar-refractivity contribution < 1.29 is 47.7 Å². The molecule has 2 aromatic rings. The van der Waals surface area contributed by atoms with E-state index in [1.807, 2.05) is 0 Å². The summed E-state index contributed by atoms with van der Waals surface area (Å²) in [4.78, 5) is 59.1. The Hall–Kier alpha value is -4.73. The van der Waals surface area contributed by atoms with Gasteiger partial charge in [-0.25, -0.2) is 24.0 Å². The quantitative estimate of drug-likeness (QED) is 0.137. The van der Waals surface area contributed by atoms with E-state index in [9.17, 15) is 24.0 Å². The lowest BCUT2D eigenvalue weighted by Gasteiger charge is -2.08. The molecule has 0 amide bonds. The molecule has 10 heteroatoms. The van der Waals surface area contributed by atoms with Gasteiger partial charge in [-0.1, -0.05) is 13.2 Å². The second kappa shape index (κ2) is 14.0. The van der Waals surface area contributed by atoms with Crippen molar-refractivity contribution in [2.75, 3.05) is 26.4 Å². The molecular weight excluding hydrogens is 484 g/mol. The first-order chi connectivity index (χ1) is 17.6. The molecule has 0 saturated heterocycles. The van der Waals surface area contributed by atoms with E-state index >= 15 is 0 Å². The van der Waals surface area contributed by atoms with Crippen molar-refractivity contribution in [1.29, 1.82) is 0 Å². The Morgan fingerprint density at radius 3 is 1.24 bits per heavy atom. The van der Waals surface area contributed by atoms with Gasteiger partial charge in [-0.2, -0.15) is 0 Å². The molecule has 0 spiro atoms. The summed E-state index contributed by atoms with van der Waals surface area (Å²) in [5, 5.41) is 0. The van der Waals surface area contributed by atoms with Crippen molar-refractivity contribution in [2.45, 2.75) is 13.8 Å². The van der Waals surface area contributed by atoms with E-state index in [1.54, 1.807) is 0 Å². The van der Waals surface area contributed by atoms with E-state index in [2.05, 4.69) is 13.2 Å². The van der Waals surface area contributed by atoms with Crippen LogP contribution in [0.15, 0.2) is 72.8 Å². The SMILES string of the molecule is C=C(C)C(=O)OCCOC(=O)c1ccc(OC(=O)c2ccc(C(=O)OCCOC(=O)C(=C)C)cc2)cc1. The summed E-state index contributed by atoms with van der Waals surface area (Å²) in [6.07, 6.45) is 0. The molecule has 0 saturated carbocycles. The Balaban J connectivity index is 1.80. The molecule has 0 heterocycles. The zero-order valence-corrected chi connectivity index (χ0v) is 20.4. The molecule has 0 radical (unpaired) electrons. The highest BCUT2D eigenvalue weighted by atomic mass is 16.6. The molecule has 37 heavy (non-hydrogen) atoms. The van der Waals surface area contributed by atoms with Gasteiger partial charge in [0, 0.05) is 11.1 Å². The molecule has 0 aliphatic carbocycles. The maximum absolute atomic E-state index is 12.4. The topological polar surface area (TPSA) is 132 Å². The minimum atomic E-state index is -0.679. The molecule has 0 aliphatic heterocycles. The lowest BCUT2D eigenvalue weighted by Crippen LogP contribution is -2.15. The van der Waals surface area contributed by atoms with Crippen LogP contribution >= 0.6 is 0 Å². The van der Waals surface area contributed by atoms with Crippen LogP contribution < -0.4 is 4.74 Å². The highest BCUT2D eigenvalue weighted by Crippen LogP contribution is 2.16. The van der Waals surface area contributed by atoms with Crippen LogP contribution in [0.4, 0.5) is 0 Å². The fraction of sp³-hybridized carbons (Fsp3) is 0.222. The van der Waals surface area contributed by atoms with Gasteiger partial charge in [-0.05, 0) is 62.4 Å². The first-order valence-corrected chi connectivity index (χ1v) is 11.0. The standard InChI is InChI=1S/C27H26O10/c1-17(2)23(28)33-13-15-35-25(30)19-5-7-21(8-6-19)27(32)37-22-11-9-20(10-12-22)26(31)36-16-14-34-24(29)18(3)4/h5-12H,1,3,13-16H2,2,4H3. The zero-order valence-electron chi connectivity index (χ0n) is 20.4. The van der Waals surface area contributed by atoms with Gasteiger partial charge in [0.1, 0.15) is 32.2 Å². The van der Waals surface area contributed by atoms with E-state index in [4.69, 9.17) is 23.7 Å². The van der Waals surface area contributed by atoms with E-state index in [-0.39, 0.29) is 60.0 Å². The molecule has 0 fully saturated rings. The number of carbonyl (C=O) groups excluding carboxylic acids is 5. The average Bonchev–Trinajstić information content (AvgIpc) is 2.88. The lowest BCUT2D eigenvalue weighted by molar-refractivity contribution is -0.140. The fourth-order valence-electron chi connectivity index (χ4n) is 2.52. The van der Waals surface area contributed by atoms with Crippen molar-refractivity contribution in [3.8, 4) is 5.75 Å². The van der Waals surface area contributed by atoms with Gasteiger partial charge >= 0.3 is 29.8 Å². The molecule has 0 N–H and O–H groups in total. The van der Waals surface area contributed by atoms with Gasteiger partial charge in [-0.3, -0.25) is 0 Å². The summed E-state index contributed by atoms with van der Waals surface area (Å²) < 4.78 is 25.0. The smallest absolute Gasteiger partial charge is 0.343 e. The van der Waals surface area contributed by atoms with E-state index < -0.39 is 29.8 Å². The first kappa shape index (κ1) is 28.5. The summed E-state index contributed by atoms with van der Waals surface area (Å²) in [5.74, 6) is -2.93. The van der Waals surface area contributed by atoms with Gasteiger partial charge in [0.2, 0.25) is 0 Å². The minimum Gasteiger partial charge on any atom is -0.459 e. The Morgan fingerprint density at radius 1 is 0.541 bits per heavy atom. The molecular formula is C27H26O10. The fourth-order valence-corrected chi connectivity index (χ4v) is 2.52. The Labute approximate surface area is 213 Å². The maximum atomic E-state index is 12.4. The first-order valence-electron chi connectivity index (χ1n) is 11.0. The Kier molecular flexibility index (Phi) is 10.8. The second-order valence-corrected chi connectivity index (χ2v) is 7.60. The van der Waals surface area contributed by atoms with Crippen molar-refractivity contribution in [3.63, 3.8) is 0 Å². The second-order valence-electron chi connectivity index (χ2n) is 7.60. The molecule has 0 unspecified atom stereocenters. The van der Waals surface area contributed by atoms with Crippen LogP contribution in [0.25, 0.3) is 0 Å². The highest BCUT2D eigenvalue weighted by molar-refractivity contribution is 5.94. The number of carbonyl (C=O) groups is 5. The summed E-state index contributed by atoms with van der Waals surface area (Å²) in [7, 11) is 0. The summed E-state index contributed by atoms with van der Waals surface area (Å²) in [6.45, 7) is 9.43. The van der Waals surface area contributed by atoms with Gasteiger partial charge in [0.25, 0.3) is 0 Å². The van der Waals surface area contributed by atoms with Crippen LogP contribution in [0.5, 0.6) is 5.75 Å².